The second-order valence-corrected chi connectivity index (χ2v) is 4.36. The highest BCUT2D eigenvalue weighted by Crippen LogP contribution is 2.20. The molecule has 0 atom stereocenters. The van der Waals surface area contributed by atoms with Gasteiger partial charge >= 0.3 is 0 Å². The van der Waals surface area contributed by atoms with E-state index < -0.39 is 0 Å². The van der Waals surface area contributed by atoms with Crippen molar-refractivity contribution in [2.75, 3.05) is 37.6 Å². The zero-order chi connectivity index (χ0) is 11.4. The molecule has 16 heavy (non-hydrogen) atoms. The summed E-state index contributed by atoms with van der Waals surface area (Å²) in [6.45, 7) is 11.5. The lowest BCUT2D eigenvalue weighted by molar-refractivity contribution is 0.284. The van der Waals surface area contributed by atoms with E-state index in [1.54, 1.807) is 0 Å². The summed E-state index contributed by atoms with van der Waals surface area (Å²) in [5.41, 5.74) is 2.76. The van der Waals surface area contributed by atoms with Gasteiger partial charge in [-0.3, -0.25) is 4.90 Å². The molecule has 0 N–H and O–H groups in total. The molecule has 0 saturated carbocycles. The predicted molar refractivity (Wildman–Crippen MR) is 70.0 cm³/mol. The predicted octanol–water partition coefficient (Wildman–Crippen LogP) is 2.30. The minimum absolute atomic E-state index is 1.02. The number of nitrogens with zero attached hydrogens (tertiary/aromatic N) is 2. The molecule has 0 amide bonds. The zero-order valence-electron chi connectivity index (χ0n) is 10.0. The van der Waals surface area contributed by atoms with Gasteiger partial charge in [0.1, 0.15) is 0 Å². The highest BCUT2D eigenvalue weighted by atomic mass is 15.3. The third-order valence-corrected chi connectivity index (χ3v) is 3.22. The molecular formula is C14H20N2. The van der Waals surface area contributed by atoms with Gasteiger partial charge in [0, 0.05) is 38.4 Å². The van der Waals surface area contributed by atoms with Crippen molar-refractivity contribution < 1.29 is 0 Å². The highest BCUT2D eigenvalue weighted by Gasteiger charge is 2.16. The van der Waals surface area contributed by atoms with Crippen molar-refractivity contribution in [3.8, 4) is 0 Å². The maximum absolute atomic E-state index is 3.79. The molecule has 1 aliphatic heterocycles. The van der Waals surface area contributed by atoms with Crippen LogP contribution < -0.4 is 4.90 Å². The fourth-order valence-corrected chi connectivity index (χ4v) is 2.27. The van der Waals surface area contributed by atoms with Crippen LogP contribution >= 0.6 is 0 Å². The summed E-state index contributed by atoms with van der Waals surface area (Å²) in [5, 5.41) is 0. The van der Waals surface area contributed by atoms with E-state index in [2.05, 4.69) is 47.6 Å². The van der Waals surface area contributed by atoms with E-state index in [1.165, 1.54) is 11.3 Å². The van der Waals surface area contributed by atoms with Gasteiger partial charge in [0.2, 0.25) is 0 Å². The van der Waals surface area contributed by atoms with Crippen molar-refractivity contribution in [3.05, 3.63) is 42.5 Å². The lowest BCUT2D eigenvalue weighted by atomic mass is 10.1. The molecule has 0 radical (unpaired) electrons. The van der Waals surface area contributed by atoms with E-state index in [0.717, 1.165) is 32.7 Å². The van der Waals surface area contributed by atoms with Crippen molar-refractivity contribution >= 4 is 5.69 Å². The first-order valence-electron chi connectivity index (χ1n) is 5.95. The molecule has 0 unspecified atom stereocenters. The van der Waals surface area contributed by atoms with Crippen molar-refractivity contribution in [2.45, 2.75) is 6.92 Å². The Morgan fingerprint density at radius 2 is 1.88 bits per heavy atom. The largest absolute Gasteiger partial charge is 0.369 e. The van der Waals surface area contributed by atoms with E-state index in [1.807, 2.05) is 6.08 Å². The van der Waals surface area contributed by atoms with Gasteiger partial charge in [-0.05, 0) is 18.6 Å². The van der Waals surface area contributed by atoms with Crippen molar-refractivity contribution in [2.24, 2.45) is 0 Å². The van der Waals surface area contributed by atoms with Gasteiger partial charge in [-0.2, -0.15) is 0 Å². The SMILES string of the molecule is C=CCN1CCN(c2ccccc2C)CC1. The fraction of sp³-hybridized carbons (Fsp3) is 0.429. The Balaban J connectivity index is 1.99. The van der Waals surface area contributed by atoms with Crippen LogP contribution in [0.25, 0.3) is 0 Å². The van der Waals surface area contributed by atoms with Crippen LogP contribution in [0.15, 0.2) is 36.9 Å². The minimum atomic E-state index is 1.02. The van der Waals surface area contributed by atoms with Gasteiger partial charge in [0.15, 0.2) is 0 Å². The molecule has 1 aromatic rings. The number of rotatable bonds is 3. The normalized spacial score (nSPS) is 17.4. The molecule has 0 aromatic heterocycles. The van der Waals surface area contributed by atoms with Gasteiger partial charge in [-0.25, -0.2) is 0 Å². The fourth-order valence-electron chi connectivity index (χ4n) is 2.27. The van der Waals surface area contributed by atoms with Crippen molar-refractivity contribution in [3.63, 3.8) is 0 Å². The van der Waals surface area contributed by atoms with Gasteiger partial charge in [0.05, 0.1) is 0 Å². The topological polar surface area (TPSA) is 6.48 Å². The number of hydrogen-bond donors (Lipinski definition) is 0. The second kappa shape index (κ2) is 5.17. The monoisotopic (exact) mass is 216 g/mol. The lowest BCUT2D eigenvalue weighted by Gasteiger charge is -2.36. The molecule has 1 heterocycles. The third kappa shape index (κ3) is 2.45. The van der Waals surface area contributed by atoms with E-state index in [-0.39, 0.29) is 0 Å². The van der Waals surface area contributed by atoms with Crippen LogP contribution in [-0.4, -0.2) is 37.6 Å². The molecule has 1 aliphatic rings. The Morgan fingerprint density at radius 3 is 2.50 bits per heavy atom. The Kier molecular flexibility index (Phi) is 3.62. The number of para-hydroxylation sites is 1. The third-order valence-electron chi connectivity index (χ3n) is 3.22. The van der Waals surface area contributed by atoms with Crippen LogP contribution in [0.3, 0.4) is 0 Å². The Bertz CT molecular complexity index is 352. The molecule has 0 aliphatic carbocycles. The van der Waals surface area contributed by atoms with Gasteiger partial charge < -0.3 is 4.90 Å². The van der Waals surface area contributed by atoms with E-state index >= 15 is 0 Å². The maximum atomic E-state index is 3.79. The average Bonchev–Trinajstić information content (AvgIpc) is 2.31. The number of hydrogen-bond acceptors (Lipinski definition) is 2. The molecule has 86 valence electrons. The molecule has 0 spiro atoms. The standard InChI is InChI=1S/C14H20N2/c1-3-8-15-9-11-16(12-10-15)14-7-5-4-6-13(14)2/h3-7H,1,8-12H2,2H3. The van der Waals surface area contributed by atoms with Gasteiger partial charge in [-0.15, -0.1) is 6.58 Å². The average molecular weight is 216 g/mol. The van der Waals surface area contributed by atoms with Crippen LogP contribution in [-0.2, 0) is 0 Å². The van der Waals surface area contributed by atoms with Crippen LogP contribution in [0.5, 0.6) is 0 Å². The molecule has 2 rings (SSSR count). The summed E-state index contributed by atoms with van der Waals surface area (Å²) in [4.78, 5) is 4.93. The molecule has 2 nitrogen and oxygen atoms in total. The first-order chi connectivity index (χ1) is 7.81. The number of anilines is 1. The molecule has 0 bridgehead atoms. The first-order valence-corrected chi connectivity index (χ1v) is 5.95. The molecular weight excluding hydrogens is 196 g/mol. The Labute approximate surface area is 98.2 Å². The number of piperazine rings is 1. The summed E-state index contributed by atoms with van der Waals surface area (Å²) in [7, 11) is 0. The van der Waals surface area contributed by atoms with E-state index in [4.69, 9.17) is 0 Å². The summed E-state index contributed by atoms with van der Waals surface area (Å²) in [6.07, 6.45) is 1.99. The molecule has 1 fully saturated rings. The smallest absolute Gasteiger partial charge is 0.0396 e. The maximum Gasteiger partial charge on any atom is 0.0396 e. The summed E-state index contributed by atoms with van der Waals surface area (Å²) in [6, 6.07) is 8.63. The van der Waals surface area contributed by atoms with Crippen molar-refractivity contribution in [1.82, 2.24) is 4.90 Å². The molecule has 2 heteroatoms. The minimum Gasteiger partial charge on any atom is -0.369 e. The first kappa shape index (κ1) is 11.2. The summed E-state index contributed by atoms with van der Waals surface area (Å²) >= 11 is 0. The summed E-state index contributed by atoms with van der Waals surface area (Å²) < 4.78 is 0. The van der Waals surface area contributed by atoms with E-state index in [9.17, 15) is 0 Å². The van der Waals surface area contributed by atoms with Crippen molar-refractivity contribution in [1.29, 1.82) is 0 Å². The van der Waals surface area contributed by atoms with Gasteiger partial charge in [0.25, 0.3) is 0 Å². The van der Waals surface area contributed by atoms with E-state index in [0.29, 0.717) is 0 Å². The Morgan fingerprint density at radius 1 is 1.19 bits per heavy atom. The number of aryl methyl sites for hydroxylation is 1. The van der Waals surface area contributed by atoms with Crippen LogP contribution in [0, 0.1) is 6.92 Å². The Hall–Kier alpha value is -1.28. The highest BCUT2D eigenvalue weighted by molar-refractivity contribution is 5.53. The van der Waals surface area contributed by atoms with Crippen LogP contribution in [0.2, 0.25) is 0 Å². The van der Waals surface area contributed by atoms with Crippen LogP contribution in [0.1, 0.15) is 5.56 Å². The van der Waals surface area contributed by atoms with Gasteiger partial charge in [-0.1, -0.05) is 24.3 Å². The zero-order valence-corrected chi connectivity index (χ0v) is 10.0. The molecule has 1 aromatic carbocycles. The summed E-state index contributed by atoms with van der Waals surface area (Å²) in [5.74, 6) is 0. The molecule has 1 saturated heterocycles. The lowest BCUT2D eigenvalue weighted by Crippen LogP contribution is -2.46. The number of benzene rings is 1. The second-order valence-electron chi connectivity index (χ2n) is 4.36. The quantitative estimate of drug-likeness (QED) is 0.715. The van der Waals surface area contributed by atoms with Crippen LogP contribution in [0.4, 0.5) is 5.69 Å².